The quantitative estimate of drug-likeness (QED) is 0.602. The van der Waals surface area contributed by atoms with Crippen molar-refractivity contribution >= 4 is 17.5 Å². The Hall–Kier alpha value is -1.93. The van der Waals surface area contributed by atoms with E-state index in [4.69, 9.17) is 4.74 Å². The second-order valence-electron chi connectivity index (χ2n) is 10.6. The molecule has 0 saturated heterocycles. The fourth-order valence-electron chi connectivity index (χ4n) is 7.44. The van der Waals surface area contributed by atoms with Crippen LogP contribution in [0.2, 0.25) is 0 Å². The standard InChI is InChI=1S/C25H32F2O6/c1-4-5-19(31)33-12-18(30)25(32)9-8-15-14-7-6-13-10-16(28)21(26)22(27)24(13,3)20(14)17(29)11-23(15,25)2/h10,14-15,17,20,29,32H,4-9,11-12H2,1-3H3/t14-,15-,17?,20+,23-,24-,25-/m0/s1. The van der Waals surface area contributed by atoms with E-state index in [9.17, 15) is 29.0 Å². The molecule has 33 heavy (non-hydrogen) atoms. The van der Waals surface area contributed by atoms with Gasteiger partial charge < -0.3 is 14.9 Å². The zero-order valence-electron chi connectivity index (χ0n) is 19.3. The molecule has 4 aliphatic carbocycles. The largest absolute Gasteiger partial charge is 0.458 e. The molecule has 8 heteroatoms. The molecule has 1 unspecified atom stereocenters. The lowest BCUT2D eigenvalue weighted by molar-refractivity contribution is -0.182. The van der Waals surface area contributed by atoms with Gasteiger partial charge in [-0.1, -0.05) is 19.4 Å². The first-order valence-electron chi connectivity index (χ1n) is 11.8. The molecule has 0 aromatic rings. The van der Waals surface area contributed by atoms with Gasteiger partial charge in [0.1, 0.15) is 11.4 Å². The van der Waals surface area contributed by atoms with Gasteiger partial charge in [-0.15, -0.1) is 0 Å². The van der Waals surface area contributed by atoms with Gasteiger partial charge in [0.25, 0.3) is 0 Å². The van der Waals surface area contributed by atoms with Crippen LogP contribution in [-0.4, -0.2) is 46.1 Å². The summed E-state index contributed by atoms with van der Waals surface area (Å²) in [5, 5.41) is 22.8. The van der Waals surface area contributed by atoms with Crippen molar-refractivity contribution in [1.29, 1.82) is 0 Å². The predicted octanol–water partition coefficient (Wildman–Crippen LogP) is 3.50. The Morgan fingerprint density at radius 3 is 2.61 bits per heavy atom. The van der Waals surface area contributed by atoms with Crippen LogP contribution in [0.5, 0.6) is 0 Å². The van der Waals surface area contributed by atoms with Crippen molar-refractivity contribution in [2.24, 2.45) is 28.6 Å². The molecule has 0 aromatic carbocycles. The molecule has 6 nitrogen and oxygen atoms in total. The van der Waals surface area contributed by atoms with Gasteiger partial charge in [-0.3, -0.25) is 14.4 Å². The van der Waals surface area contributed by atoms with Gasteiger partial charge in [-0.2, -0.15) is 4.39 Å². The Morgan fingerprint density at radius 2 is 1.94 bits per heavy atom. The number of ketones is 2. The van der Waals surface area contributed by atoms with Crippen LogP contribution in [0.1, 0.15) is 65.7 Å². The molecule has 182 valence electrons. The molecule has 0 aliphatic heterocycles. The van der Waals surface area contributed by atoms with E-state index in [1.54, 1.807) is 13.8 Å². The topological polar surface area (TPSA) is 101 Å². The molecule has 4 rings (SSSR count). The van der Waals surface area contributed by atoms with E-state index < -0.39 is 64.2 Å². The maximum Gasteiger partial charge on any atom is 0.306 e. The minimum atomic E-state index is -1.78. The first-order chi connectivity index (χ1) is 15.4. The molecule has 0 spiro atoms. The van der Waals surface area contributed by atoms with E-state index in [0.717, 1.165) is 6.08 Å². The van der Waals surface area contributed by atoms with Crippen molar-refractivity contribution < 1.29 is 38.1 Å². The molecule has 3 fully saturated rings. The molecule has 7 atom stereocenters. The minimum Gasteiger partial charge on any atom is -0.458 e. The van der Waals surface area contributed by atoms with Crippen LogP contribution in [0.15, 0.2) is 23.3 Å². The first-order valence-corrected chi connectivity index (χ1v) is 11.8. The lowest BCUT2D eigenvalue weighted by Crippen LogP contribution is -2.62. The van der Waals surface area contributed by atoms with Gasteiger partial charge in [0, 0.05) is 23.2 Å². The number of halogens is 2. The van der Waals surface area contributed by atoms with Crippen molar-refractivity contribution in [3.63, 3.8) is 0 Å². The summed E-state index contributed by atoms with van der Waals surface area (Å²) in [6.07, 6.45) is 2.39. The monoisotopic (exact) mass is 466 g/mol. The highest BCUT2D eigenvalue weighted by atomic mass is 19.2. The predicted molar refractivity (Wildman–Crippen MR) is 114 cm³/mol. The fraction of sp³-hybridized carbons (Fsp3) is 0.720. The van der Waals surface area contributed by atoms with Crippen LogP contribution < -0.4 is 0 Å². The summed E-state index contributed by atoms with van der Waals surface area (Å²) in [6.45, 7) is 4.59. The Balaban J connectivity index is 1.64. The number of allylic oxidation sites excluding steroid dienone is 4. The summed E-state index contributed by atoms with van der Waals surface area (Å²) in [7, 11) is 0. The summed E-state index contributed by atoms with van der Waals surface area (Å²) in [5.41, 5.74) is -3.72. The molecule has 0 aromatic heterocycles. The second-order valence-corrected chi connectivity index (χ2v) is 10.6. The molecule has 0 radical (unpaired) electrons. The molecule has 0 bridgehead atoms. The van der Waals surface area contributed by atoms with Gasteiger partial charge in [-0.05, 0) is 63.4 Å². The molecule has 0 heterocycles. The zero-order valence-corrected chi connectivity index (χ0v) is 19.3. The van der Waals surface area contributed by atoms with E-state index in [1.165, 1.54) is 0 Å². The lowest BCUT2D eigenvalue weighted by Gasteiger charge is -2.59. The number of Topliss-reactive ketones (excluding diaryl/α,β-unsaturated/α-hetero) is 1. The minimum absolute atomic E-state index is 0.0235. The van der Waals surface area contributed by atoms with Gasteiger partial charge in [0.2, 0.25) is 17.4 Å². The number of esters is 1. The van der Waals surface area contributed by atoms with Crippen LogP contribution in [-0.2, 0) is 19.1 Å². The Morgan fingerprint density at radius 1 is 1.24 bits per heavy atom. The van der Waals surface area contributed by atoms with Crippen molar-refractivity contribution in [1.82, 2.24) is 0 Å². The summed E-state index contributed by atoms with van der Waals surface area (Å²) >= 11 is 0. The highest BCUT2D eigenvalue weighted by molar-refractivity contribution is 6.04. The van der Waals surface area contributed by atoms with E-state index in [0.29, 0.717) is 31.3 Å². The Bertz CT molecular complexity index is 957. The fourth-order valence-corrected chi connectivity index (χ4v) is 7.44. The average molecular weight is 467 g/mol. The maximum absolute atomic E-state index is 15.2. The number of rotatable bonds is 5. The van der Waals surface area contributed by atoms with Crippen molar-refractivity contribution in [2.45, 2.75) is 77.4 Å². The highest BCUT2D eigenvalue weighted by Gasteiger charge is 2.69. The molecule has 0 amide bonds. The van der Waals surface area contributed by atoms with Crippen LogP contribution in [0.3, 0.4) is 0 Å². The van der Waals surface area contributed by atoms with E-state index in [2.05, 4.69) is 0 Å². The van der Waals surface area contributed by atoms with Crippen molar-refractivity contribution in [2.75, 3.05) is 6.61 Å². The third-order valence-electron chi connectivity index (χ3n) is 9.14. The smallest absolute Gasteiger partial charge is 0.306 e. The van der Waals surface area contributed by atoms with Crippen molar-refractivity contribution in [3.05, 3.63) is 23.3 Å². The third-order valence-corrected chi connectivity index (χ3v) is 9.14. The zero-order chi connectivity index (χ0) is 24.3. The molecular formula is C25H32F2O6. The molecule has 2 N–H and O–H groups in total. The summed E-state index contributed by atoms with van der Waals surface area (Å²) in [6, 6.07) is 0. The third kappa shape index (κ3) is 3.27. The van der Waals surface area contributed by atoms with Crippen molar-refractivity contribution in [3.8, 4) is 0 Å². The normalized spacial score (nSPS) is 42.3. The maximum atomic E-state index is 15.2. The second kappa shape index (κ2) is 8.08. The average Bonchev–Trinajstić information content (AvgIpc) is 3.03. The van der Waals surface area contributed by atoms with Gasteiger partial charge >= 0.3 is 5.97 Å². The lowest BCUT2D eigenvalue weighted by atomic mass is 9.46. The van der Waals surface area contributed by atoms with Crippen LogP contribution >= 0.6 is 0 Å². The number of ether oxygens (including phenoxy) is 1. The summed E-state index contributed by atoms with van der Waals surface area (Å²) in [4.78, 5) is 36.6. The number of aliphatic hydroxyl groups excluding tert-OH is 1. The SMILES string of the molecule is CCCC(=O)OCC(=O)[C@@]1(O)CC[C@H]2[C@@H]3CCC4=CC(=O)C(F)=C(F)[C@]4(C)[C@H]3C(O)C[C@@]21C. The van der Waals surface area contributed by atoms with Crippen LogP contribution in [0.25, 0.3) is 0 Å². The summed E-state index contributed by atoms with van der Waals surface area (Å²) < 4.78 is 34.6. The van der Waals surface area contributed by atoms with Gasteiger partial charge in [0.15, 0.2) is 6.61 Å². The van der Waals surface area contributed by atoms with E-state index in [-0.39, 0.29) is 31.1 Å². The Kier molecular flexibility index (Phi) is 5.93. The first kappa shape index (κ1) is 24.2. The number of carbonyl (C=O) groups is 3. The van der Waals surface area contributed by atoms with Gasteiger partial charge in [-0.25, -0.2) is 4.39 Å². The number of carbonyl (C=O) groups excluding carboxylic acids is 3. The van der Waals surface area contributed by atoms with E-state index in [1.807, 2.05) is 6.92 Å². The molecular weight excluding hydrogens is 434 g/mol. The number of fused-ring (bicyclic) bond motifs is 5. The Labute approximate surface area is 192 Å². The molecule has 4 aliphatic rings. The van der Waals surface area contributed by atoms with Gasteiger partial charge in [0.05, 0.1) is 6.10 Å². The number of hydrogen-bond acceptors (Lipinski definition) is 6. The van der Waals surface area contributed by atoms with Crippen LogP contribution in [0.4, 0.5) is 8.78 Å². The summed E-state index contributed by atoms with van der Waals surface area (Å²) in [5.74, 6) is -5.76. The molecule has 3 saturated carbocycles. The van der Waals surface area contributed by atoms with E-state index >= 15 is 4.39 Å². The highest BCUT2D eigenvalue weighted by Crippen LogP contribution is 2.68. The van der Waals surface area contributed by atoms with Crippen LogP contribution in [0, 0.1) is 28.6 Å². The number of hydrogen-bond donors (Lipinski definition) is 2. The number of aliphatic hydroxyl groups is 2.